The zero-order valence-electron chi connectivity index (χ0n) is 11.4. The first-order valence-corrected chi connectivity index (χ1v) is 6.24. The normalized spacial score (nSPS) is 12.4. The second-order valence-electron chi connectivity index (χ2n) is 5.78. The van der Waals surface area contributed by atoms with E-state index >= 15 is 0 Å². The zero-order valence-corrected chi connectivity index (χ0v) is 11.4. The number of carboxylic acids is 2. The predicted molar refractivity (Wildman–Crippen MR) is 67.4 cm³/mol. The van der Waals surface area contributed by atoms with Gasteiger partial charge in [-0.05, 0) is 31.1 Å². The van der Waals surface area contributed by atoms with Crippen LogP contribution < -0.4 is 0 Å². The molecule has 0 aliphatic heterocycles. The van der Waals surface area contributed by atoms with Crippen LogP contribution in [-0.4, -0.2) is 32.9 Å². The molecule has 0 rings (SSSR count). The first-order chi connectivity index (χ1) is 8.08. The standard InChI is InChI=1S/C13H24O5/c1-12(2,3)13(18,8-4-6-10(14)15)9-5-7-11(16)17/h18H,4-9H2,1-3H3,(H,14,15)(H,16,17). The molecular weight excluding hydrogens is 236 g/mol. The number of rotatable bonds is 8. The summed E-state index contributed by atoms with van der Waals surface area (Å²) in [6.45, 7) is 5.65. The molecule has 0 aliphatic carbocycles. The summed E-state index contributed by atoms with van der Waals surface area (Å²) in [6.07, 6.45) is 1.60. The van der Waals surface area contributed by atoms with E-state index in [1.165, 1.54) is 0 Å². The minimum atomic E-state index is -1.02. The summed E-state index contributed by atoms with van der Waals surface area (Å²) in [6, 6.07) is 0. The second kappa shape index (κ2) is 6.73. The smallest absolute Gasteiger partial charge is 0.303 e. The molecule has 0 aromatic rings. The molecule has 0 unspecified atom stereocenters. The van der Waals surface area contributed by atoms with Gasteiger partial charge in [0.25, 0.3) is 0 Å². The van der Waals surface area contributed by atoms with Crippen LogP contribution in [0.2, 0.25) is 0 Å². The van der Waals surface area contributed by atoms with Crippen molar-refractivity contribution in [3.05, 3.63) is 0 Å². The highest BCUT2D eigenvalue weighted by Crippen LogP contribution is 2.38. The topological polar surface area (TPSA) is 94.8 Å². The highest BCUT2D eigenvalue weighted by molar-refractivity contribution is 5.66. The van der Waals surface area contributed by atoms with Crippen LogP contribution in [0.25, 0.3) is 0 Å². The van der Waals surface area contributed by atoms with Crippen LogP contribution in [0.4, 0.5) is 0 Å². The van der Waals surface area contributed by atoms with E-state index in [4.69, 9.17) is 10.2 Å². The lowest BCUT2D eigenvalue weighted by molar-refractivity contribution is -0.138. The van der Waals surface area contributed by atoms with Crippen LogP contribution in [-0.2, 0) is 9.59 Å². The fraction of sp³-hybridized carbons (Fsp3) is 0.846. The van der Waals surface area contributed by atoms with Crippen LogP contribution in [0, 0.1) is 5.41 Å². The molecule has 0 saturated carbocycles. The quantitative estimate of drug-likeness (QED) is 0.622. The summed E-state index contributed by atoms with van der Waals surface area (Å²) >= 11 is 0. The van der Waals surface area contributed by atoms with Gasteiger partial charge in [-0.3, -0.25) is 9.59 Å². The molecule has 18 heavy (non-hydrogen) atoms. The lowest BCUT2D eigenvalue weighted by Gasteiger charge is -2.40. The monoisotopic (exact) mass is 260 g/mol. The fourth-order valence-electron chi connectivity index (χ4n) is 1.94. The number of aliphatic hydroxyl groups is 1. The van der Waals surface area contributed by atoms with Crippen molar-refractivity contribution in [1.82, 2.24) is 0 Å². The van der Waals surface area contributed by atoms with Crippen LogP contribution >= 0.6 is 0 Å². The largest absolute Gasteiger partial charge is 0.481 e. The van der Waals surface area contributed by atoms with Gasteiger partial charge >= 0.3 is 11.9 Å². The molecule has 0 atom stereocenters. The van der Waals surface area contributed by atoms with Gasteiger partial charge in [0, 0.05) is 12.8 Å². The maximum atomic E-state index is 10.6. The Labute approximate surface area is 108 Å². The predicted octanol–water partition coefficient (Wildman–Crippen LogP) is 2.27. The van der Waals surface area contributed by atoms with Crippen LogP contribution in [0.5, 0.6) is 0 Å². The highest BCUT2D eigenvalue weighted by Gasteiger charge is 2.38. The highest BCUT2D eigenvalue weighted by atomic mass is 16.4. The van der Waals surface area contributed by atoms with Crippen LogP contribution in [0.3, 0.4) is 0 Å². The van der Waals surface area contributed by atoms with Gasteiger partial charge in [0.2, 0.25) is 0 Å². The maximum Gasteiger partial charge on any atom is 0.303 e. The molecule has 0 fully saturated rings. The Kier molecular flexibility index (Phi) is 6.32. The summed E-state index contributed by atoms with van der Waals surface area (Å²) in [4.78, 5) is 21.0. The summed E-state index contributed by atoms with van der Waals surface area (Å²) in [5.41, 5.74) is -1.41. The van der Waals surface area contributed by atoms with E-state index in [9.17, 15) is 14.7 Å². The van der Waals surface area contributed by atoms with Gasteiger partial charge in [-0.2, -0.15) is 0 Å². The lowest BCUT2D eigenvalue weighted by Crippen LogP contribution is -2.43. The molecule has 3 N–H and O–H groups in total. The Morgan fingerprint density at radius 1 is 0.889 bits per heavy atom. The van der Waals surface area contributed by atoms with E-state index < -0.39 is 23.0 Å². The van der Waals surface area contributed by atoms with E-state index in [1.807, 2.05) is 20.8 Å². The third-order valence-electron chi connectivity index (χ3n) is 3.36. The Morgan fingerprint density at radius 2 is 1.22 bits per heavy atom. The van der Waals surface area contributed by atoms with E-state index in [1.54, 1.807) is 0 Å². The summed E-state index contributed by atoms with van der Waals surface area (Å²) in [7, 11) is 0. The second-order valence-corrected chi connectivity index (χ2v) is 5.78. The van der Waals surface area contributed by atoms with Gasteiger partial charge in [0.05, 0.1) is 5.60 Å². The van der Waals surface area contributed by atoms with Crippen molar-refractivity contribution in [3.8, 4) is 0 Å². The number of carboxylic acid groups (broad SMARTS) is 2. The Hall–Kier alpha value is -1.10. The van der Waals surface area contributed by atoms with Gasteiger partial charge in [-0.25, -0.2) is 0 Å². The minimum absolute atomic E-state index is 0.0251. The zero-order chi connectivity index (χ0) is 14.4. The fourth-order valence-corrected chi connectivity index (χ4v) is 1.94. The van der Waals surface area contributed by atoms with E-state index in [-0.39, 0.29) is 12.8 Å². The van der Waals surface area contributed by atoms with Crippen LogP contribution in [0.1, 0.15) is 59.3 Å². The summed E-state index contributed by atoms with van der Waals surface area (Å²) < 4.78 is 0. The van der Waals surface area contributed by atoms with Gasteiger partial charge in [-0.1, -0.05) is 20.8 Å². The molecule has 5 heteroatoms. The average molecular weight is 260 g/mol. The SMILES string of the molecule is CC(C)(C)C(O)(CCCC(=O)O)CCCC(=O)O. The number of hydrogen-bond donors (Lipinski definition) is 3. The molecule has 0 radical (unpaired) electrons. The molecule has 0 bridgehead atoms. The van der Waals surface area contributed by atoms with E-state index in [2.05, 4.69) is 0 Å². The lowest BCUT2D eigenvalue weighted by atomic mass is 9.71. The molecule has 5 nitrogen and oxygen atoms in total. The Morgan fingerprint density at radius 3 is 1.44 bits per heavy atom. The maximum absolute atomic E-state index is 10.6. The molecule has 0 saturated heterocycles. The van der Waals surface area contributed by atoms with E-state index in [0.29, 0.717) is 25.7 Å². The van der Waals surface area contributed by atoms with Crippen molar-refractivity contribution in [3.63, 3.8) is 0 Å². The number of aliphatic carboxylic acids is 2. The van der Waals surface area contributed by atoms with Crippen molar-refractivity contribution in [2.24, 2.45) is 5.41 Å². The number of hydrogen-bond acceptors (Lipinski definition) is 3. The molecule has 0 aromatic carbocycles. The van der Waals surface area contributed by atoms with Crippen molar-refractivity contribution < 1.29 is 24.9 Å². The third kappa shape index (κ3) is 6.00. The number of carbonyl (C=O) groups is 2. The van der Waals surface area contributed by atoms with Gasteiger partial charge in [0.1, 0.15) is 0 Å². The first kappa shape index (κ1) is 16.9. The van der Waals surface area contributed by atoms with Crippen molar-refractivity contribution in [1.29, 1.82) is 0 Å². The first-order valence-electron chi connectivity index (χ1n) is 6.24. The minimum Gasteiger partial charge on any atom is -0.481 e. The summed E-state index contributed by atoms with van der Waals surface area (Å²) in [5, 5.41) is 27.8. The van der Waals surface area contributed by atoms with Gasteiger partial charge < -0.3 is 15.3 Å². The average Bonchev–Trinajstić information content (AvgIpc) is 2.14. The Balaban J connectivity index is 4.44. The third-order valence-corrected chi connectivity index (χ3v) is 3.36. The van der Waals surface area contributed by atoms with Crippen molar-refractivity contribution in [2.45, 2.75) is 64.9 Å². The van der Waals surface area contributed by atoms with Gasteiger partial charge in [-0.15, -0.1) is 0 Å². The molecule has 0 spiro atoms. The molecule has 0 heterocycles. The molecular formula is C13H24O5. The molecule has 0 amide bonds. The summed E-state index contributed by atoms with van der Waals surface area (Å²) in [5.74, 6) is -1.76. The molecule has 106 valence electrons. The van der Waals surface area contributed by atoms with Crippen LogP contribution in [0.15, 0.2) is 0 Å². The molecule has 0 aliphatic rings. The van der Waals surface area contributed by atoms with E-state index in [0.717, 1.165) is 0 Å². The van der Waals surface area contributed by atoms with Gasteiger partial charge in [0.15, 0.2) is 0 Å². The molecule has 0 aromatic heterocycles. The Bertz CT molecular complexity index is 270. The van der Waals surface area contributed by atoms with Crippen molar-refractivity contribution >= 4 is 11.9 Å². The van der Waals surface area contributed by atoms with Crippen molar-refractivity contribution in [2.75, 3.05) is 0 Å².